The van der Waals surface area contributed by atoms with Crippen molar-refractivity contribution in [2.75, 3.05) is 0 Å². The Balaban J connectivity index is 4.41. The number of hydrogen-bond acceptors (Lipinski definition) is 1. The maximum Gasteiger partial charge on any atom is 0.309 e. The van der Waals surface area contributed by atoms with Crippen molar-refractivity contribution in [3.05, 3.63) is 12.2 Å². The molecule has 0 rings (SSSR count). The Morgan fingerprint density at radius 3 is 2.27 bits per heavy atom. The Kier molecular flexibility index (Phi) is 3.30. The zero-order valence-corrected chi connectivity index (χ0v) is 7.59. The van der Waals surface area contributed by atoms with Gasteiger partial charge in [0.2, 0.25) is 0 Å². The third kappa shape index (κ3) is 2.37. The summed E-state index contributed by atoms with van der Waals surface area (Å²) in [5.74, 6) is -0.673. The monoisotopic (exact) mass is 156 g/mol. The molecular formula is C9H16O2. The average Bonchev–Trinajstić information content (AvgIpc) is 1.88. The predicted octanol–water partition coefficient (Wildman–Crippen LogP) is 2.31. The van der Waals surface area contributed by atoms with Gasteiger partial charge in [0.15, 0.2) is 0 Å². The van der Waals surface area contributed by atoms with Crippen molar-refractivity contribution >= 4 is 5.97 Å². The number of hydrogen-bond donors (Lipinski definition) is 1. The standard InChI is InChI=1S/C9H16O2/c1-5-6-7(2)9(3,4)8(10)11/h5-7H,1-4H3,(H,10,11)/b6-5+/t7-/m0/s1. The van der Waals surface area contributed by atoms with Crippen LogP contribution >= 0.6 is 0 Å². The van der Waals surface area contributed by atoms with Crippen LogP contribution < -0.4 is 0 Å². The lowest BCUT2D eigenvalue weighted by molar-refractivity contribution is -0.148. The molecule has 64 valence electrons. The molecule has 0 bridgehead atoms. The summed E-state index contributed by atoms with van der Waals surface area (Å²) in [6, 6.07) is 0. The van der Waals surface area contributed by atoms with Crippen molar-refractivity contribution in [1.29, 1.82) is 0 Å². The molecular weight excluding hydrogens is 140 g/mol. The molecule has 0 aromatic heterocycles. The summed E-state index contributed by atoms with van der Waals surface area (Å²) in [6.45, 7) is 7.28. The lowest BCUT2D eigenvalue weighted by Crippen LogP contribution is -2.29. The second kappa shape index (κ2) is 3.56. The lowest BCUT2D eigenvalue weighted by Gasteiger charge is -2.24. The van der Waals surface area contributed by atoms with Gasteiger partial charge in [-0.15, -0.1) is 0 Å². The Morgan fingerprint density at radius 1 is 1.55 bits per heavy atom. The van der Waals surface area contributed by atoms with Gasteiger partial charge in [-0.05, 0) is 26.7 Å². The third-order valence-corrected chi connectivity index (χ3v) is 2.17. The first kappa shape index (κ1) is 10.2. The summed E-state index contributed by atoms with van der Waals surface area (Å²) >= 11 is 0. The van der Waals surface area contributed by atoms with E-state index in [1.54, 1.807) is 13.8 Å². The van der Waals surface area contributed by atoms with Crippen molar-refractivity contribution in [2.45, 2.75) is 27.7 Å². The number of carbonyl (C=O) groups is 1. The van der Waals surface area contributed by atoms with Crippen molar-refractivity contribution in [2.24, 2.45) is 11.3 Å². The van der Waals surface area contributed by atoms with Gasteiger partial charge in [-0.1, -0.05) is 19.1 Å². The first-order chi connectivity index (χ1) is 4.92. The summed E-state index contributed by atoms with van der Waals surface area (Å²) in [4.78, 5) is 10.7. The van der Waals surface area contributed by atoms with Gasteiger partial charge in [0.05, 0.1) is 5.41 Å². The zero-order valence-electron chi connectivity index (χ0n) is 7.59. The Hall–Kier alpha value is -0.790. The highest BCUT2D eigenvalue weighted by atomic mass is 16.4. The van der Waals surface area contributed by atoms with E-state index in [2.05, 4.69) is 0 Å². The van der Waals surface area contributed by atoms with Gasteiger partial charge in [-0.3, -0.25) is 4.79 Å². The first-order valence-corrected chi connectivity index (χ1v) is 3.79. The molecule has 0 aliphatic heterocycles. The van der Waals surface area contributed by atoms with E-state index in [4.69, 9.17) is 5.11 Å². The number of allylic oxidation sites excluding steroid dienone is 2. The quantitative estimate of drug-likeness (QED) is 0.636. The average molecular weight is 156 g/mol. The van der Waals surface area contributed by atoms with Gasteiger partial charge in [0, 0.05) is 0 Å². The van der Waals surface area contributed by atoms with E-state index in [-0.39, 0.29) is 5.92 Å². The highest BCUT2D eigenvalue weighted by molar-refractivity contribution is 5.74. The Bertz CT molecular complexity index is 168. The van der Waals surface area contributed by atoms with Crippen molar-refractivity contribution < 1.29 is 9.90 Å². The van der Waals surface area contributed by atoms with Gasteiger partial charge in [-0.25, -0.2) is 0 Å². The van der Waals surface area contributed by atoms with Crippen LogP contribution in [-0.4, -0.2) is 11.1 Å². The van der Waals surface area contributed by atoms with Crippen LogP contribution in [0.5, 0.6) is 0 Å². The van der Waals surface area contributed by atoms with Gasteiger partial charge < -0.3 is 5.11 Å². The van der Waals surface area contributed by atoms with Crippen LogP contribution in [0.1, 0.15) is 27.7 Å². The topological polar surface area (TPSA) is 37.3 Å². The highest BCUT2D eigenvalue weighted by Crippen LogP contribution is 2.27. The van der Waals surface area contributed by atoms with Gasteiger partial charge in [-0.2, -0.15) is 0 Å². The second-order valence-electron chi connectivity index (χ2n) is 3.34. The highest BCUT2D eigenvalue weighted by Gasteiger charge is 2.31. The fourth-order valence-electron chi connectivity index (χ4n) is 0.724. The summed E-state index contributed by atoms with van der Waals surface area (Å²) in [5.41, 5.74) is -0.660. The fraction of sp³-hybridized carbons (Fsp3) is 0.667. The summed E-state index contributed by atoms with van der Waals surface area (Å²) in [5, 5.41) is 8.80. The maximum atomic E-state index is 10.7. The van der Waals surface area contributed by atoms with E-state index in [0.717, 1.165) is 0 Å². The molecule has 0 unspecified atom stereocenters. The molecule has 0 aromatic carbocycles. The molecule has 0 spiro atoms. The normalized spacial score (nSPS) is 15.3. The number of aliphatic carboxylic acids is 1. The zero-order chi connectivity index (χ0) is 9.07. The smallest absolute Gasteiger partial charge is 0.309 e. The summed E-state index contributed by atoms with van der Waals surface area (Å²) in [7, 11) is 0. The molecule has 2 heteroatoms. The van der Waals surface area contributed by atoms with E-state index in [1.807, 2.05) is 26.0 Å². The van der Waals surface area contributed by atoms with Crippen LogP contribution in [0, 0.1) is 11.3 Å². The minimum absolute atomic E-state index is 0.0741. The molecule has 0 aromatic rings. The van der Waals surface area contributed by atoms with Crippen LogP contribution in [0.3, 0.4) is 0 Å². The van der Waals surface area contributed by atoms with E-state index in [1.165, 1.54) is 0 Å². The molecule has 1 atom stereocenters. The molecule has 0 aliphatic carbocycles. The van der Waals surface area contributed by atoms with E-state index in [9.17, 15) is 4.79 Å². The first-order valence-electron chi connectivity index (χ1n) is 3.79. The molecule has 0 heterocycles. The SMILES string of the molecule is C/C=C/[C@H](C)C(C)(C)C(=O)O. The van der Waals surface area contributed by atoms with E-state index < -0.39 is 11.4 Å². The molecule has 1 N–H and O–H groups in total. The molecule has 0 amide bonds. The van der Waals surface area contributed by atoms with Crippen LogP contribution in [0.25, 0.3) is 0 Å². The molecule has 0 aliphatic rings. The van der Waals surface area contributed by atoms with Crippen molar-refractivity contribution in [1.82, 2.24) is 0 Å². The summed E-state index contributed by atoms with van der Waals surface area (Å²) < 4.78 is 0. The Morgan fingerprint density at radius 2 is 2.00 bits per heavy atom. The van der Waals surface area contributed by atoms with Crippen molar-refractivity contribution in [3.63, 3.8) is 0 Å². The Labute approximate surface area is 67.9 Å². The molecule has 0 radical (unpaired) electrons. The second-order valence-corrected chi connectivity index (χ2v) is 3.34. The number of carboxylic acids is 1. The van der Waals surface area contributed by atoms with Crippen LogP contribution in [0.2, 0.25) is 0 Å². The minimum Gasteiger partial charge on any atom is -0.481 e. The maximum absolute atomic E-state index is 10.7. The van der Waals surface area contributed by atoms with Crippen LogP contribution in [0.4, 0.5) is 0 Å². The fourth-order valence-corrected chi connectivity index (χ4v) is 0.724. The van der Waals surface area contributed by atoms with E-state index >= 15 is 0 Å². The van der Waals surface area contributed by atoms with Gasteiger partial charge >= 0.3 is 5.97 Å². The van der Waals surface area contributed by atoms with E-state index in [0.29, 0.717) is 0 Å². The number of carboxylic acid groups (broad SMARTS) is 1. The summed E-state index contributed by atoms with van der Waals surface area (Å²) in [6.07, 6.45) is 3.80. The van der Waals surface area contributed by atoms with Crippen LogP contribution in [0.15, 0.2) is 12.2 Å². The molecule has 11 heavy (non-hydrogen) atoms. The van der Waals surface area contributed by atoms with Crippen LogP contribution in [-0.2, 0) is 4.79 Å². The predicted molar refractivity (Wildman–Crippen MR) is 45.4 cm³/mol. The molecule has 0 saturated heterocycles. The molecule has 0 fully saturated rings. The molecule has 0 saturated carbocycles. The van der Waals surface area contributed by atoms with Crippen molar-refractivity contribution in [3.8, 4) is 0 Å². The third-order valence-electron chi connectivity index (χ3n) is 2.17. The minimum atomic E-state index is -0.747. The number of rotatable bonds is 3. The van der Waals surface area contributed by atoms with Gasteiger partial charge in [0.1, 0.15) is 0 Å². The van der Waals surface area contributed by atoms with Gasteiger partial charge in [0.25, 0.3) is 0 Å². The molecule has 2 nitrogen and oxygen atoms in total. The lowest BCUT2D eigenvalue weighted by atomic mass is 9.80. The largest absolute Gasteiger partial charge is 0.481 e.